The van der Waals surface area contributed by atoms with E-state index >= 15 is 0 Å². The van der Waals surface area contributed by atoms with Crippen LogP contribution in [0.2, 0.25) is 0 Å². The molecule has 0 N–H and O–H groups in total. The summed E-state index contributed by atoms with van der Waals surface area (Å²) in [7, 11) is 0. The van der Waals surface area contributed by atoms with Gasteiger partial charge in [0.1, 0.15) is 7.06 Å². The molecule has 0 spiro atoms. The number of pyridine rings is 1. The molecular weight excluding hydrogens is 216 g/mol. The molecule has 0 unspecified atom stereocenters. The maximum absolute atomic E-state index is 12.8. The van der Waals surface area contributed by atoms with E-state index in [1.165, 1.54) is 0 Å². The maximum Gasteiger partial charge on any atom is 0.280 e. The van der Waals surface area contributed by atoms with Crippen molar-refractivity contribution in [3.05, 3.63) is 27.9 Å². The lowest BCUT2D eigenvalue weighted by Gasteiger charge is -2.00. The van der Waals surface area contributed by atoms with Crippen molar-refractivity contribution < 1.29 is 17.0 Å². The van der Waals surface area contributed by atoms with Crippen molar-refractivity contribution in [1.82, 2.24) is 4.98 Å². The van der Waals surface area contributed by atoms with Crippen LogP contribution < -0.4 is 0 Å². The summed E-state index contributed by atoms with van der Waals surface area (Å²) < 4.78 is 67.5. The molecule has 0 atom stereocenters. The van der Waals surface area contributed by atoms with Crippen LogP contribution in [0.1, 0.15) is 26.0 Å². The fraction of sp³-hybridized carbons (Fsp3) is 0.286. The van der Waals surface area contributed by atoms with Gasteiger partial charge in [0.05, 0.1) is 2.74 Å². The molecule has 0 radical (unpaired) electrons. The minimum absolute atomic E-state index is 0.416. The predicted octanol–water partition coefficient (Wildman–Crippen LogP) is 3.09. The van der Waals surface area contributed by atoms with Gasteiger partial charge in [0.25, 0.3) is 6.40 Å². The van der Waals surface area contributed by atoms with Crippen LogP contribution in [-0.4, -0.2) is 4.98 Å². The van der Waals surface area contributed by atoms with Gasteiger partial charge in [-0.3, -0.25) is 4.98 Å². The largest absolute Gasteiger partial charge is 0.280 e. The third-order valence-corrected chi connectivity index (χ3v) is 1.26. The Kier molecular flexibility index (Phi) is 1.03. The molecule has 0 aliphatic heterocycles. The number of aromatic nitrogens is 1. The topological polar surface area (TPSA) is 12.9 Å². The van der Waals surface area contributed by atoms with Crippen LogP contribution in [0.15, 0.2) is 16.6 Å². The van der Waals surface area contributed by atoms with Gasteiger partial charge in [-0.05, 0) is 18.9 Å². The summed E-state index contributed by atoms with van der Waals surface area (Å²) in [4.78, 5) is 3.07. The first-order valence-electron chi connectivity index (χ1n) is 5.51. The van der Waals surface area contributed by atoms with Gasteiger partial charge < -0.3 is 0 Å². The predicted molar refractivity (Wildman–Crippen MR) is 41.6 cm³/mol. The van der Waals surface area contributed by atoms with Crippen LogP contribution >= 0.6 is 15.9 Å². The van der Waals surface area contributed by atoms with E-state index in [9.17, 15) is 8.78 Å². The van der Waals surface area contributed by atoms with Gasteiger partial charge in [0.2, 0.25) is 0 Å². The zero-order valence-corrected chi connectivity index (χ0v) is 6.67. The molecule has 0 amide bonds. The standard InChI is InChI=1S/C7H6BrF2N/c1-4-2-5(8)3-6(11-4)7(9)10/h2-3,7H,1H3/i1D3,2D,3D,7D. The lowest BCUT2D eigenvalue weighted by atomic mass is 10.3. The molecule has 11 heavy (non-hydrogen) atoms. The second kappa shape index (κ2) is 3.26. The summed E-state index contributed by atoms with van der Waals surface area (Å²) in [6.07, 6.45) is -4.19. The third kappa shape index (κ3) is 2.22. The first-order chi connectivity index (χ1) is 7.46. The molecule has 0 aromatic carbocycles. The van der Waals surface area contributed by atoms with Gasteiger partial charge in [-0.2, -0.15) is 0 Å². The van der Waals surface area contributed by atoms with E-state index in [0.717, 1.165) is 0 Å². The van der Waals surface area contributed by atoms with Crippen LogP contribution in [0, 0.1) is 6.85 Å². The van der Waals surface area contributed by atoms with E-state index in [-0.39, 0.29) is 0 Å². The number of rotatable bonds is 1. The van der Waals surface area contributed by atoms with Crippen molar-refractivity contribution in [3.8, 4) is 0 Å². The third-order valence-electron chi connectivity index (χ3n) is 0.859. The quantitative estimate of drug-likeness (QED) is 0.719. The van der Waals surface area contributed by atoms with Crippen LogP contribution in [0.5, 0.6) is 0 Å². The first kappa shape index (κ1) is 3.47. The summed E-state index contributed by atoms with van der Waals surface area (Å²) in [6.45, 7) is -2.85. The normalized spacial score (nSPS) is 20.6. The Morgan fingerprint density at radius 3 is 3.09 bits per heavy atom. The fourth-order valence-electron chi connectivity index (χ4n) is 0.496. The molecule has 0 aliphatic carbocycles. The Morgan fingerprint density at radius 1 is 1.82 bits per heavy atom. The molecule has 1 nitrogen and oxygen atoms in total. The second-order valence-electron chi connectivity index (χ2n) is 1.63. The zero-order chi connectivity index (χ0) is 13.6. The van der Waals surface area contributed by atoms with Gasteiger partial charge in [0.15, 0.2) is 0 Å². The Balaban J connectivity index is 3.63. The van der Waals surface area contributed by atoms with E-state index in [4.69, 9.17) is 8.22 Å². The minimum atomic E-state index is -4.19. The number of hydrogen-bond donors (Lipinski definition) is 0. The summed E-state index contributed by atoms with van der Waals surface area (Å²) in [6, 6.07) is -1.51. The van der Waals surface area contributed by atoms with Crippen molar-refractivity contribution in [3.63, 3.8) is 0 Å². The van der Waals surface area contributed by atoms with Crippen molar-refractivity contribution >= 4 is 15.9 Å². The first-order valence-corrected chi connectivity index (χ1v) is 3.31. The van der Waals surface area contributed by atoms with Crippen LogP contribution in [0.4, 0.5) is 8.78 Å². The molecule has 0 fully saturated rings. The minimum Gasteiger partial charge on any atom is -0.252 e. The molecule has 0 saturated carbocycles. The molecule has 1 aromatic rings. The number of nitrogens with zero attached hydrogens (tertiary/aromatic N) is 1. The SMILES string of the molecule is [2H]c1c(C([2H])([2H])[2H])nc(C([2H])(F)F)c([2H])c1Br. The maximum atomic E-state index is 12.8. The average molecular weight is 228 g/mol. The van der Waals surface area contributed by atoms with E-state index in [1.54, 1.807) is 0 Å². The molecule has 60 valence electrons. The highest BCUT2D eigenvalue weighted by Crippen LogP contribution is 2.20. The van der Waals surface area contributed by atoms with Crippen molar-refractivity contribution in [2.45, 2.75) is 13.3 Å². The molecule has 1 heterocycles. The molecule has 4 heteroatoms. The fourth-order valence-corrected chi connectivity index (χ4v) is 0.872. The summed E-state index contributed by atoms with van der Waals surface area (Å²) in [5.41, 5.74) is -2.14. The van der Waals surface area contributed by atoms with Gasteiger partial charge >= 0.3 is 0 Å². The van der Waals surface area contributed by atoms with Crippen LogP contribution in [-0.2, 0) is 0 Å². The highest BCUT2D eigenvalue weighted by Gasteiger charge is 2.08. The van der Waals surface area contributed by atoms with Gasteiger partial charge in [-0.25, -0.2) is 8.78 Å². The summed E-state index contributed by atoms with van der Waals surface area (Å²) in [5, 5.41) is 0. The average Bonchev–Trinajstić information content (AvgIpc) is 2.10. The molecule has 0 aliphatic rings. The van der Waals surface area contributed by atoms with Crippen LogP contribution in [0.3, 0.4) is 0 Å². The lowest BCUT2D eigenvalue weighted by molar-refractivity contribution is 0.146. The number of aryl methyl sites for hydroxylation is 1. The zero-order valence-electron chi connectivity index (χ0n) is 11.1. The Labute approximate surface area is 80.0 Å². The highest BCUT2D eigenvalue weighted by molar-refractivity contribution is 9.10. The number of halogens is 3. The van der Waals surface area contributed by atoms with E-state index in [2.05, 4.69) is 20.9 Å². The number of hydrogen-bond acceptors (Lipinski definition) is 1. The van der Waals surface area contributed by atoms with E-state index in [0.29, 0.717) is 0 Å². The molecular formula is C7H6BrF2N. The highest BCUT2D eigenvalue weighted by atomic mass is 79.9. The number of alkyl halides is 2. The Hall–Kier alpha value is -0.510. The van der Waals surface area contributed by atoms with Crippen molar-refractivity contribution in [2.24, 2.45) is 0 Å². The Bertz CT molecular complexity index is 417. The lowest BCUT2D eigenvalue weighted by Crippen LogP contribution is -1.91. The monoisotopic (exact) mass is 227 g/mol. The Morgan fingerprint density at radius 2 is 2.55 bits per heavy atom. The molecule has 1 aromatic heterocycles. The molecule has 0 bridgehead atoms. The summed E-state index contributed by atoms with van der Waals surface area (Å²) >= 11 is 2.68. The van der Waals surface area contributed by atoms with Crippen molar-refractivity contribution in [2.75, 3.05) is 0 Å². The second-order valence-corrected chi connectivity index (χ2v) is 2.43. The van der Waals surface area contributed by atoms with E-state index in [1.807, 2.05) is 0 Å². The van der Waals surface area contributed by atoms with Crippen molar-refractivity contribution in [1.29, 1.82) is 0 Å². The molecule has 0 saturated heterocycles. The van der Waals surface area contributed by atoms with Crippen LogP contribution in [0.25, 0.3) is 0 Å². The van der Waals surface area contributed by atoms with Gasteiger partial charge in [0, 0.05) is 14.3 Å². The smallest absolute Gasteiger partial charge is 0.252 e. The van der Waals surface area contributed by atoms with E-state index < -0.39 is 41.2 Å². The van der Waals surface area contributed by atoms with Gasteiger partial charge in [-0.15, -0.1) is 0 Å². The molecule has 1 rings (SSSR count). The summed E-state index contributed by atoms with van der Waals surface area (Å²) in [5.74, 6) is 0. The van der Waals surface area contributed by atoms with Gasteiger partial charge in [-0.1, -0.05) is 15.9 Å².